The standard InChI is InChI=1S/C13H22N4OS.ClH/c1-3-9(4-2)12-16-17-13(19-12)15-11(18)10-5-7-14-8-6-10;/h9-10,14H,3-8H2,1-2H3,(H,15,17,18);1H. The van der Waals surface area contributed by atoms with Gasteiger partial charge in [-0.15, -0.1) is 22.6 Å². The first-order chi connectivity index (χ1) is 9.24. The van der Waals surface area contributed by atoms with E-state index in [1.807, 2.05) is 0 Å². The molecule has 0 radical (unpaired) electrons. The summed E-state index contributed by atoms with van der Waals surface area (Å²) in [6.07, 6.45) is 3.94. The van der Waals surface area contributed by atoms with Crippen LogP contribution in [0.15, 0.2) is 0 Å². The summed E-state index contributed by atoms with van der Waals surface area (Å²) in [6, 6.07) is 0. The third kappa shape index (κ3) is 4.40. The molecule has 0 bridgehead atoms. The van der Waals surface area contributed by atoms with Crippen LogP contribution in [0, 0.1) is 5.92 Å². The lowest BCUT2D eigenvalue weighted by molar-refractivity contribution is -0.120. The summed E-state index contributed by atoms with van der Waals surface area (Å²) in [6.45, 7) is 6.16. The van der Waals surface area contributed by atoms with Crippen molar-refractivity contribution >= 4 is 34.8 Å². The van der Waals surface area contributed by atoms with E-state index in [4.69, 9.17) is 0 Å². The van der Waals surface area contributed by atoms with Crippen molar-refractivity contribution in [1.29, 1.82) is 0 Å². The van der Waals surface area contributed by atoms with Gasteiger partial charge in [0.2, 0.25) is 11.0 Å². The molecule has 2 rings (SSSR count). The number of hydrogen-bond donors (Lipinski definition) is 2. The number of halogens is 1. The fraction of sp³-hybridized carbons (Fsp3) is 0.769. The molecule has 2 heterocycles. The summed E-state index contributed by atoms with van der Waals surface area (Å²) < 4.78 is 0. The highest BCUT2D eigenvalue weighted by atomic mass is 35.5. The third-order valence-electron chi connectivity index (χ3n) is 3.72. The van der Waals surface area contributed by atoms with Gasteiger partial charge >= 0.3 is 0 Å². The van der Waals surface area contributed by atoms with Gasteiger partial charge in [-0.2, -0.15) is 0 Å². The Bertz CT molecular complexity index is 416. The molecular formula is C13H23ClN4OS. The molecule has 0 spiro atoms. The second-order valence-electron chi connectivity index (χ2n) is 4.97. The lowest BCUT2D eigenvalue weighted by Gasteiger charge is -2.20. The van der Waals surface area contributed by atoms with E-state index in [0.717, 1.165) is 43.8 Å². The largest absolute Gasteiger partial charge is 0.317 e. The predicted molar refractivity (Wildman–Crippen MR) is 84.7 cm³/mol. The lowest BCUT2D eigenvalue weighted by atomic mass is 9.97. The minimum atomic E-state index is 0. The molecule has 1 fully saturated rings. The van der Waals surface area contributed by atoms with Crippen molar-refractivity contribution in [3.63, 3.8) is 0 Å². The van der Waals surface area contributed by atoms with Gasteiger partial charge in [-0.25, -0.2) is 0 Å². The first kappa shape index (κ1) is 17.3. The Balaban J connectivity index is 0.00000200. The first-order valence-electron chi connectivity index (χ1n) is 7.09. The normalized spacial score (nSPS) is 15.9. The summed E-state index contributed by atoms with van der Waals surface area (Å²) in [5, 5.41) is 16.1. The highest BCUT2D eigenvalue weighted by molar-refractivity contribution is 7.15. The Kier molecular flexibility index (Phi) is 7.40. The maximum atomic E-state index is 12.1. The Labute approximate surface area is 130 Å². The molecule has 0 unspecified atom stereocenters. The number of nitrogens with one attached hydrogen (secondary N) is 2. The maximum absolute atomic E-state index is 12.1. The van der Waals surface area contributed by atoms with Crippen LogP contribution < -0.4 is 10.6 Å². The minimum Gasteiger partial charge on any atom is -0.317 e. The maximum Gasteiger partial charge on any atom is 0.229 e. The molecule has 1 amide bonds. The van der Waals surface area contributed by atoms with E-state index in [1.165, 1.54) is 11.3 Å². The van der Waals surface area contributed by atoms with Gasteiger partial charge < -0.3 is 10.6 Å². The van der Waals surface area contributed by atoms with Crippen LogP contribution in [0.1, 0.15) is 50.5 Å². The second-order valence-corrected chi connectivity index (χ2v) is 5.98. The third-order valence-corrected chi connectivity index (χ3v) is 4.72. The molecule has 7 heteroatoms. The lowest BCUT2D eigenvalue weighted by Crippen LogP contribution is -2.34. The van der Waals surface area contributed by atoms with Crippen LogP contribution in [0.25, 0.3) is 0 Å². The van der Waals surface area contributed by atoms with Crippen LogP contribution in [0.2, 0.25) is 0 Å². The molecule has 1 saturated heterocycles. The Morgan fingerprint density at radius 2 is 2.00 bits per heavy atom. The van der Waals surface area contributed by atoms with E-state index in [-0.39, 0.29) is 24.2 Å². The SMILES string of the molecule is CCC(CC)c1nnc(NC(=O)C2CCNCC2)s1.Cl. The van der Waals surface area contributed by atoms with Gasteiger partial charge in [0.1, 0.15) is 5.01 Å². The molecule has 0 aliphatic carbocycles. The monoisotopic (exact) mass is 318 g/mol. The molecule has 1 aromatic heterocycles. The van der Waals surface area contributed by atoms with Crippen LogP contribution in [0.4, 0.5) is 5.13 Å². The van der Waals surface area contributed by atoms with Gasteiger partial charge in [0.15, 0.2) is 0 Å². The fourth-order valence-corrected chi connectivity index (χ4v) is 3.39. The van der Waals surface area contributed by atoms with E-state index in [1.54, 1.807) is 0 Å². The summed E-state index contributed by atoms with van der Waals surface area (Å²) in [5.74, 6) is 0.664. The van der Waals surface area contributed by atoms with Crippen molar-refractivity contribution in [3.05, 3.63) is 5.01 Å². The van der Waals surface area contributed by atoms with E-state index in [9.17, 15) is 4.79 Å². The molecule has 1 aliphatic heterocycles. The van der Waals surface area contributed by atoms with Gasteiger partial charge in [-0.3, -0.25) is 4.79 Å². The zero-order chi connectivity index (χ0) is 13.7. The smallest absolute Gasteiger partial charge is 0.229 e. The van der Waals surface area contributed by atoms with Crippen LogP contribution in [0.5, 0.6) is 0 Å². The molecular weight excluding hydrogens is 296 g/mol. The predicted octanol–water partition coefficient (Wildman–Crippen LogP) is 2.80. The molecule has 0 aromatic carbocycles. The molecule has 20 heavy (non-hydrogen) atoms. The highest BCUT2D eigenvalue weighted by Gasteiger charge is 2.22. The number of aromatic nitrogens is 2. The molecule has 114 valence electrons. The topological polar surface area (TPSA) is 66.9 Å². The van der Waals surface area contributed by atoms with Gasteiger partial charge in [-0.05, 0) is 38.8 Å². The van der Waals surface area contributed by atoms with E-state index in [0.29, 0.717) is 11.0 Å². The zero-order valence-electron chi connectivity index (χ0n) is 12.0. The average molecular weight is 319 g/mol. The Hall–Kier alpha value is -0.720. The highest BCUT2D eigenvalue weighted by Crippen LogP contribution is 2.28. The van der Waals surface area contributed by atoms with E-state index in [2.05, 4.69) is 34.7 Å². The number of piperidine rings is 1. The molecule has 1 aromatic rings. The van der Waals surface area contributed by atoms with Crippen molar-refractivity contribution in [2.24, 2.45) is 5.92 Å². The quantitative estimate of drug-likeness (QED) is 0.876. The van der Waals surface area contributed by atoms with Gasteiger partial charge in [0, 0.05) is 11.8 Å². The molecule has 5 nitrogen and oxygen atoms in total. The summed E-state index contributed by atoms with van der Waals surface area (Å²) >= 11 is 1.51. The molecule has 0 atom stereocenters. The van der Waals surface area contributed by atoms with Gasteiger partial charge in [-0.1, -0.05) is 25.2 Å². The fourth-order valence-electron chi connectivity index (χ4n) is 2.38. The van der Waals surface area contributed by atoms with Gasteiger partial charge in [0.05, 0.1) is 0 Å². The number of carbonyl (C=O) groups excluding carboxylic acids is 1. The number of anilines is 1. The summed E-state index contributed by atoms with van der Waals surface area (Å²) in [7, 11) is 0. The van der Waals surface area contributed by atoms with E-state index < -0.39 is 0 Å². The van der Waals surface area contributed by atoms with Gasteiger partial charge in [0.25, 0.3) is 0 Å². The summed E-state index contributed by atoms with van der Waals surface area (Å²) in [5.41, 5.74) is 0. The van der Waals surface area contributed by atoms with Crippen molar-refractivity contribution in [1.82, 2.24) is 15.5 Å². The average Bonchev–Trinajstić information content (AvgIpc) is 2.89. The minimum absolute atomic E-state index is 0. The number of carbonyl (C=O) groups is 1. The molecule has 2 N–H and O–H groups in total. The van der Waals surface area contributed by atoms with Crippen molar-refractivity contribution in [2.75, 3.05) is 18.4 Å². The number of rotatable bonds is 5. The molecule has 0 saturated carbocycles. The number of amides is 1. The second kappa shape index (κ2) is 8.54. The van der Waals surface area contributed by atoms with Crippen molar-refractivity contribution in [3.8, 4) is 0 Å². The van der Waals surface area contributed by atoms with Crippen LogP contribution >= 0.6 is 23.7 Å². The number of hydrogen-bond acceptors (Lipinski definition) is 5. The number of nitrogens with zero attached hydrogens (tertiary/aromatic N) is 2. The van der Waals surface area contributed by atoms with Crippen molar-refractivity contribution < 1.29 is 4.79 Å². The van der Waals surface area contributed by atoms with Crippen LogP contribution in [-0.4, -0.2) is 29.2 Å². The molecule has 1 aliphatic rings. The van der Waals surface area contributed by atoms with E-state index >= 15 is 0 Å². The summed E-state index contributed by atoms with van der Waals surface area (Å²) in [4.78, 5) is 12.1. The Morgan fingerprint density at radius 1 is 1.35 bits per heavy atom. The first-order valence-corrected chi connectivity index (χ1v) is 7.91. The Morgan fingerprint density at radius 3 is 2.60 bits per heavy atom. The van der Waals surface area contributed by atoms with Crippen molar-refractivity contribution in [2.45, 2.75) is 45.4 Å². The zero-order valence-corrected chi connectivity index (χ0v) is 13.6. The van der Waals surface area contributed by atoms with Crippen LogP contribution in [-0.2, 0) is 4.79 Å². The van der Waals surface area contributed by atoms with Crippen LogP contribution in [0.3, 0.4) is 0 Å².